The average Bonchev–Trinajstić information content (AvgIpc) is 2.50. The van der Waals surface area contributed by atoms with E-state index in [9.17, 15) is 4.79 Å². The molecule has 74 valence electrons. The fraction of sp³-hybridized carbons (Fsp3) is 0.900. The molecule has 0 aromatic heterocycles. The first-order chi connectivity index (χ1) is 6.04. The topological polar surface area (TPSA) is 29.5 Å². The summed E-state index contributed by atoms with van der Waals surface area (Å²) in [4.78, 5) is 13.6. The number of rotatable bonds is 1. The molecule has 0 saturated carbocycles. The van der Waals surface area contributed by atoms with Crippen LogP contribution < -0.4 is 0 Å². The highest BCUT2D eigenvalue weighted by Crippen LogP contribution is 2.39. The van der Waals surface area contributed by atoms with Gasteiger partial charge in [0.05, 0.1) is 12.6 Å². The van der Waals surface area contributed by atoms with Crippen molar-refractivity contribution in [2.45, 2.75) is 45.4 Å². The van der Waals surface area contributed by atoms with Gasteiger partial charge in [-0.15, -0.1) is 0 Å². The second-order valence-corrected chi connectivity index (χ2v) is 4.56. The molecule has 0 N–H and O–H groups in total. The van der Waals surface area contributed by atoms with E-state index in [4.69, 9.17) is 4.74 Å². The van der Waals surface area contributed by atoms with Gasteiger partial charge in [0.1, 0.15) is 5.72 Å². The Hall–Kier alpha value is -0.570. The Balaban J connectivity index is 2.25. The molecule has 3 heteroatoms. The molecule has 2 unspecified atom stereocenters. The molecule has 0 aliphatic carbocycles. The lowest BCUT2D eigenvalue weighted by Crippen LogP contribution is -2.45. The highest BCUT2D eigenvalue weighted by Gasteiger charge is 2.51. The smallest absolute Gasteiger partial charge is 0.225 e. The lowest BCUT2D eigenvalue weighted by atomic mass is 10.0. The summed E-state index contributed by atoms with van der Waals surface area (Å²) in [6.45, 7) is 7.02. The number of carbonyl (C=O) groups is 1. The second-order valence-electron chi connectivity index (χ2n) is 4.56. The Morgan fingerprint density at radius 2 is 2.31 bits per heavy atom. The summed E-state index contributed by atoms with van der Waals surface area (Å²) in [5.74, 6) is 0.752. The molecule has 2 heterocycles. The maximum atomic E-state index is 11.6. The third kappa shape index (κ3) is 1.17. The molecule has 2 saturated heterocycles. The highest BCUT2D eigenvalue weighted by atomic mass is 16.5. The van der Waals surface area contributed by atoms with Gasteiger partial charge in [-0.2, -0.15) is 0 Å². The number of fused-ring (bicyclic) bond motifs is 1. The van der Waals surface area contributed by atoms with E-state index in [1.165, 1.54) is 0 Å². The zero-order chi connectivity index (χ0) is 9.64. The number of nitrogens with zero attached hydrogens (tertiary/aromatic N) is 1. The van der Waals surface area contributed by atoms with Gasteiger partial charge in [0, 0.05) is 12.8 Å². The number of amides is 1. The SMILES string of the molecule is CC(C)C1COC2(C)CCC(=O)N12. The van der Waals surface area contributed by atoms with Crippen molar-refractivity contribution in [2.24, 2.45) is 5.92 Å². The van der Waals surface area contributed by atoms with Gasteiger partial charge in [-0.3, -0.25) is 4.79 Å². The summed E-state index contributed by atoms with van der Waals surface area (Å²) < 4.78 is 5.71. The van der Waals surface area contributed by atoms with Gasteiger partial charge < -0.3 is 9.64 Å². The summed E-state index contributed by atoms with van der Waals surface area (Å²) in [6.07, 6.45) is 1.51. The van der Waals surface area contributed by atoms with Gasteiger partial charge in [-0.05, 0) is 12.8 Å². The molecule has 0 radical (unpaired) electrons. The van der Waals surface area contributed by atoms with E-state index in [0.29, 0.717) is 25.0 Å². The Labute approximate surface area is 79.0 Å². The minimum Gasteiger partial charge on any atom is -0.354 e. The Bertz CT molecular complexity index is 239. The van der Waals surface area contributed by atoms with Crippen LogP contribution in [0.5, 0.6) is 0 Å². The monoisotopic (exact) mass is 183 g/mol. The predicted molar refractivity (Wildman–Crippen MR) is 49.1 cm³/mol. The first-order valence-electron chi connectivity index (χ1n) is 5.01. The second kappa shape index (κ2) is 2.71. The number of hydrogen-bond donors (Lipinski definition) is 0. The molecule has 3 nitrogen and oxygen atoms in total. The molecular formula is C10H17NO2. The third-order valence-corrected chi connectivity index (χ3v) is 3.25. The molecular weight excluding hydrogens is 166 g/mol. The van der Waals surface area contributed by atoms with Crippen molar-refractivity contribution in [2.75, 3.05) is 6.61 Å². The van der Waals surface area contributed by atoms with E-state index in [-0.39, 0.29) is 11.6 Å². The number of ether oxygens (including phenoxy) is 1. The Morgan fingerprint density at radius 3 is 2.92 bits per heavy atom. The minimum atomic E-state index is -0.286. The van der Waals surface area contributed by atoms with Crippen LogP contribution in [0.4, 0.5) is 0 Å². The third-order valence-electron chi connectivity index (χ3n) is 3.25. The maximum Gasteiger partial charge on any atom is 0.225 e. The van der Waals surface area contributed by atoms with E-state index in [1.54, 1.807) is 0 Å². The summed E-state index contributed by atoms with van der Waals surface area (Å²) >= 11 is 0. The zero-order valence-corrected chi connectivity index (χ0v) is 8.54. The maximum absolute atomic E-state index is 11.6. The van der Waals surface area contributed by atoms with Crippen molar-refractivity contribution in [3.05, 3.63) is 0 Å². The molecule has 2 aliphatic heterocycles. The molecule has 2 fully saturated rings. The normalized spacial score (nSPS) is 38.9. The lowest BCUT2D eigenvalue weighted by Gasteiger charge is -2.31. The zero-order valence-electron chi connectivity index (χ0n) is 8.54. The van der Waals surface area contributed by atoms with Crippen LogP contribution in [-0.2, 0) is 9.53 Å². The van der Waals surface area contributed by atoms with Gasteiger partial charge in [-0.1, -0.05) is 13.8 Å². The highest BCUT2D eigenvalue weighted by molar-refractivity contribution is 5.80. The van der Waals surface area contributed by atoms with Crippen LogP contribution in [0.2, 0.25) is 0 Å². The van der Waals surface area contributed by atoms with Crippen molar-refractivity contribution < 1.29 is 9.53 Å². The van der Waals surface area contributed by atoms with Crippen LogP contribution in [0, 0.1) is 5.92 Å². The minimum absolute atomic E-state index is 0.263. The molecule has 0 spiro atoms. The van der Waals surface area contributed by atoms with Gasteiger partial charge in [0.25, 0.3) is 0 Å². The summed E-state index contributed by atoms with van der Waals surface area (Å²) in [5.41, 5.74) is -0.286. The molecule has 1 amide bonds. The quantitative estimate of drug-likeness (QED) is 0.614. The molecule has 2 aliphatic rings. The standard InChI is InChI=1S/C10H17NO2/c1-7(2)8-6-13-10(3)5-4-9(12)11(8)10/h7-8H,4-6H2,1-3H3. The summed E-state index contributed by atoms with van der Waals surface area (Å²) in [6, 6.07) is 0.292. The lowest BCUT2D eigenvalue weighted by molar-refractivity contribution is -0.137. The largest absolute Gasteiger partial charge is 0.354 e. The molecule has 13 heavy (non-hydrogen) atoms. The molecule has 0 aromatic rings. The van der Waals surface area contributed by atoms with E-state index >= 15 is 0 Å². The van der Waals surface area contributed by atoms with Crippen molar-refractivity contribution >= 4 is 5.91 Å². The van der Waals surface area contributed by atoms with Crippen molar-refractivity contribution in [1.82, 2.24) is 4.90 Å². The van der Waals surface area contributed by atoms with Crippen molar-refractivity contribution in [1.29, 1.82) is 0 Å². The van der Waals surface area contributed by atoms with Crippen molar-refractivity contribution in [3.63, 3.8) is 0 Å². The predicted octanol–water partition coefficient (Wildman–Crippen LogP) is 1.38. The van der Waals surface area contributed by atoms with E-state index < -0.39 is 0 Å². The van der Waals surface area contributed by atoms with Crippen LogP contribution in [0.15, 0.2) is 0 Å². The molecule has 0 bridgehead atoms. The van der Waals surface area contributed by atoms with E-state index in [0.717, 1.165) is 6.42 Å². The van der Waals surface area contributed by atoms with Crippen LogP contribution in [0.1, 0.15) is 33.6 Å². The molecule has 2 atom stereocenters. The number of carbonyl (C=O) groups excluding carboxylic acids is 1. The van der Waals surface area contributed by atoms with E-state index in [1.807, 2.05) is 11.8 Å². The fourth-order valence-electron chi connectivity index (χ4n) is 2.35. The Kier molecular flexibility index (Phi) is 1.88. The Morgan fingerprint density at radius 1 is 1.62 bits per heavy atom. The van der Waals surface area contributed by atoms with Gasteiger partial charge in [0.2, 0.25) is 5.91 Å². The van der Waals surface area contributed by atoms with Crippen LogP contribution in [0.25, 0.3) is 0 Å². The fourth-order valence-corrected chi connectivity index (χ4v) is 2.35. The molecule has 0 aromatic carbocycles. The van der Waals surface area contributed by atoms with Gasteiger partial charge >= 0.3 is 0 Å². The number of hydrogen-bond acceptors (Lipinski definition) is 2. The first-order valence-corrected chi connectivity index (χ1v) is 5.01. The van der Waals surface area contributed by atoms with Crippen LogP contribution >= 0.6 is 0 Å². The van der Waals surface area contributed by atoms with Gasteiger partial charge in [-0.25, -0.2) is 0 Å². The molecule has 2 rings (SSSR count). The summed E-state index contributed by atoms with van der Waals surface area (Å²) in [5, 5.41) is 0. The van der Waals surface area contributed by atoms with Gasteiger partial charge in [0.15, 0.2) is 0 Å². The summed E-state index contributed by atoms with van der Waals surface area (Å²) in [7, 11) is 0. The first kappa shape index (κ1) is 9.00. The van der Waals surface area contributed by atoms with Crippen LogP contribution in [0.3, 0.4) is 0 Å². The average molecular weight is 183 g/mol. The van der Waals surface area contributed by atoms with Crippen LogP contribution in [-0.4, -0.2) is 29.2 Å². The van der Waals surface area contributed by atoms with E-state index in [2.05, 4.69) is 13.8 Å². The van der Waals surface area contributed by atoms with Crippen molar-refractivity contribution in [3.8, 4) is 0 Å².